The molecule has 3 aromatic rings. The maximum Gasteiger partial charge on any atom is 0.272 e. The van der Waals surface area contributed by atoms with Crippen LogP contribution in [-0.4, -0.2) is 44.4 Å². The normalized spacial score (nSPS) is 16.8. The second-order valence-electron chi connectivity index (χ2n) is 6.18. The third-order valence-electron chi connectivity index (χ3n) is 4.63. The number of hydrogen-bond acceptors (Lipinski definition) is 6. The van der Waals surface area contributed by atoms with E-state index in [9.17, 15) is 4.79 Å². The molecule has 0 spiro atoms. The molecule has 0 bridgehead atoms. The molecular formula is C18H19N5O3. The van der Waals surface area contributed by atoms with Crippen LogP contribution in [-0.2, 0) is 7.05 Å². The third-order valence-corrected chi connectivity index (χ3v) is 4.63. The molecule has 1 unspecified atom stereocenters. The Hall–Kier alpha value is -3.16. The molecule has 1 aliphatic heterocycles. The summed E-state index contributed by atoms with van der Waals surface area (Å²) in [6.07, 6.45) is 3.31. The number of aryl methyl sites for hydroxylation is 1. The molecule has 1 amide bonds. The van der Waals surface area contributed by atoms with Gasteiger partial charge in [0.05, 0.1) is 7.11 Å². The monoisotopic (exact) mass is 353 g/mol. The van der Waals surface area contributed by atoms with Gasteiger partial charge < -0.3 is 14.2 Å². The van der Waals surface area contributed by atoms with Crippen LogP contribution in [0.5, 0.6) is 5.75 Å². The van der Waals surface area contributed by atoms with E-state index in [1.165, 1.54) is 0 Å². The predicted octanol–water partition coefficient (Wildman–Crippen LogP) is 2.46. The number of carbonyl (C=O) groups excluding carboxylic acids is 1. The first-order valence-corrected chi connectivity index (χ1v) is 8.44. The van der Waals surface area contributed by atoms with Crippen LogP contribution in [0.3, 0.4) is 0 Å². The maximum atomic E-state index is 12.8. The smallest absolute Gasteiger partial charge is 0.272 e. The average Bonchev–Trinajstić information content (AvgIpc) is 3.41. The Morgan fingerprint density at radius 3 is 2.77 bits per heavy atom. The molecule has 1 fully saturated rings. The van der Waals surface area contributed by atoms with E-state index in [0.29, 0.717) is 24.0 Å². The maximum absolute atomic E-state index is 12.8. The summed E-state index contributed by atoms with van der Waals surface area (Å²) in [6, 6.07) is 8.95. The van der Waals surface area contributed by atoms with E-state index < -0.39 is 0 Å². The summed E-state index contributed by atoms with van der Waals surface area (Å²) in [5.41, 5.74) is 1.38. The van der Waals surface area contributed by atoms with Crippen molar-refractivity contribution in [2.24, 2.45) is 7.05 Å². The molecule has 1 atom stereocenters. The number of ether oxygens (including phenoxy) is 1. The van der Waals surface area contributed by atoms with Crippen molar-refractivity contribution in [3.8, 4) is 17.1 Å². The van der Waals surface area contributed by atoms with Crippen LogP contribution in [0.1, 0.15) is 35.3 Å². The van der Waals surface area contributed by atoms with Crippen LogP contribution in [0.4, 0.5) is 0 Å². The van der Waals surface area contributed by atoms with Gasteiger partial charge in [0.25, 0.3) is 5.91 Å². The summed E-state index contributed by atoms with van der Waals surface area (Å²) in [7, 11) is 3.38. The van der Waals surface area contributed by atoms with Gasteiger partial charge in [-0.3, -0.25) is 9.48 Å². The summed E-state index contributed by atoms with van der Waals surface area (Å²) < 4.78 is 12.2. The Kier molecular flexibility index (Phi) is 4.16. The standard InChI is InChI=1S/C18H19N5O3/c1-22-15(9-10-19-22)18(24)23-11-3-4-14(23)17-20-16(21-26-17)12-5-7-13(25-2)8-6-12/h5-10,14H,3-4,11H2,1-2H3. The highest BCUT2D eigenvalue weighted by Gasteiger charge is 2.35. The van der Waals surface area contributed by atoms with Crippen LogP contribution in [0.25, 0.3) is 11.4 Å². The molecule has 1 saturated heterocycles. The summed E-state index contributed by atoms with van der Waals surface area (Å²) in [6.45, 7) is 0.662. The van der Waals surface area contributed by atoms with E-state index in [4.69, 9.17) is 9.26 Å². The quantitative estimate of drug-likeness (QED) is 0.716. The van der Waals surface area contributed by atoms with Crippen LogP contribution in [0.15, 0.2) is 41.1 Å². The topological polar surface area (TPSA) is 86.3 Å². The van der Waals surface area contributed by atoms with Gasteiger partial charge in [-0.05, 0) is 43.2 Å². The summed E-state index contributed by atoms with van der Waals surface area (Å²) in [4.78, 5) is 19.1. The van der Waals surface area contributed by atoms with Gasteiger partial charge in [-0.1, -0.05) is 5.16 Å². The molecule has 26 heavy (non-hydrogen) atoms. The van der Waals surface area contributed by atoms with Crippen molar-refractivity contribution >= 4 is 5.91 Å². The van der Waals surface area contributed by atoms with Crippen molar-refractivity contribution < 1.29 is 14.1 Å². The van der Waals surface area contributed by atoms with E-state index in [2.05, 4.69) is 15.2 Å². The van der Waals surface area contributed by atoms with Crippen LogP contribution >= 0.6 is 0 Å². The van der Waals surface area contributed by atoms with Gasteiger partial charge in [0.2, 0.25) is 11.7 Å². The van der Waals surface area contributed by atoms with Gasteiger partial charge in [-0.2, -0.15) is 10.1 Å². The lowest BCUT2D eigenvalue weighted by Crippen LogP contribution is -2.32. The number of hydrogen-bond donors (Lipinski definition) is 0. The fourth-order valence-electron chi connectivity index (χ4n) is 3.23. The lowest BCUT2D eigenvalue weighted by Gasteiger charge is -2.21. The van der Waals surface area contributed by atoms with Gasteiger partial charge in [-0.15, -0.1) is 0 Å². The average molecular weight is 353 g/mol. The van der Waals surface area contributed by atoms with Gasteiger partial charge in [0.1, 0.15) is 17.5 Å². The highest BCUT2D eigenvalue weighted by atomic mass is 16.5. The molecule has 0 N–H and O–H groups in total. The lowest BCUT2D eigenvalue weighted by molar-refractivity contribution is 0.0699. The third kappa shape index (κ3) is 2.83. The number of carbonyl (C=O) groups is 1. The van der Waals surface area contributed by atoms with Crippen LogP contribution in [0, 0.1) is 0 Å². The van der Waals surface area contributed by atoms with E-state index >= 15 is 0 Å². The molecule has 8 heteroatoms. The molecule has 1 aliphatic rings. The fourth-order valence-corrected chi connectivity index (χ4v) is 3.23. The number of benzene rings is 1. The summed E-state index contributed by atoms with van der Waals surface area (Å²) in [5.74, 6) is 1.66. The largest absolute Gasteiger partial charge is 0.497 e. The number of methoxy groups -OCH3 is 1. The fraction of sp³-hybridized carbons (Fsp3) is 0.333. The van der Waals surface area contributed by atoms with Crippen molar-refractivity contribution in [1.82, 2.24) is 24.8 Å². The molecule has 3 heterocycles. The minimum absolute atomic E-state index is 0.0725. The zero-order valence-electron chi connectivity index (χ0n) is 14.6. The Bertz CT molecular complexity index is 915. The van der Waals surface area contributed by atoms with E-state index in [1.807, 2.05) is 24.3 Å². The predicted molar refractivity (Wildman–Crippen MR) is 92.5 cm³/mol. The highest BCUT2D eigenvalue weighted by Crippen LogP contribution is 2.33. The van der Waals surface area contributed by atoms with Gasteiger partial charge in [-0.25, -0.2) is 0 Å². The number of likely N-dealkylation sites (tertiary alicyclic amines) is 1. The lowest BCUT2D eigenvalue weighted by atomic mass is 10.2. The van der Waals surface area contributed by atoms with E-state index in [1.54, 1.807) is 36.0 Å². The molecule has 8 nitrogen and oxygen atoms in total. The van der Waals surface area contributed by atoms with Crippen molar-refractivity contribution in [2.75, 3.05) is 13.7 Å². The minimum Gasteiger partial charge on any atom is -0.497 e. The van der Waals surface area contributed by atoms with Gasteiger partial charge in [0.15, 0.2) is 0 Å². The van der Waals surface area contributed by atoms with Crippen molar-refractivity contribution in [3.63, 3.8) is 0 Å². The molecule has 1 aromatic carbocycles. The highest BCUT2D eigenvalue weighted by molar-refractivity contribution is 5.92. The minimum atomic E-state index is -0.211. The second-order valence-corrected chi connectivity index (χ2v) is 6.18. The zero-order chi connectivity index (χ0) is 18.1. The van der Waals surface area contributed by atoms with Gasteiger partial charge >= 0.3 is 0 Å². The molecule has 0 saturated carbocycles. The Labute approximate surface area is 150 Å². The molecule has 0 aliphatic carbocycles. The van der Waals surface area contributed by atoms with E-state index in [0.717, 1.165) is 24.2 Å². The Balaban J connectivity index is 1.58. The first kappa shape index (κ1) is 16.3. The van der Waals surface area contributed by atoms with E-state index in [-0.39, 0.29) is 11.9 Å². The number of aromatic nitrogens is 4. The van der Waals surface area contributed by atoms with Crippen molar-refractivity contribution in [2.45, 2.75) is 18.9 Å². The summed E-state index contributed by atoms with van der Waals surface area (Å²) >= 11 is 0. The molecule has 2 aromatic heterocycles. The van der Waals surface area contributed by atoms with Crippen LogP contribution in [0.2, 0.25) is 0 Å². The Morgan fingerprint density at radius 1 is 1.27 bits per heavy atom. The molecular weight excluding hydrogens is 334 g/mol. The van der Waals surface area contributed by atoms with Crippen LogP contribution < -0.4 is 4.74 Å². The zero-order valence-corrected chi connectivity index (χ0v) is 14.6. The SMILES string of the molecule is COc1ccc(-c2noc(C3CCCN3C(=O)c3ccnn3C)n2)cc1. The second kappa shape index (κ2) is 6.62. The van der Waals surface area contributed by atoms with Crippen molar-refractivity contribution in [1.29, 1.82) is 0 Å². The Morgan fingerprint density at radius 2 is 2.08 bits per heavy atom. The van der Waals surface area contributed by atoms with Crippen molar-refractivity contribution in [3.05, 3.63) is 48.1 Å². The molecule has 0 radical (unpaired) electrons. The van der Waals surface area contributed by atoms with Gasteiger partial charge in [0, 0.05) is 25.4 Å². The molecule has 134 valence electrons. The summed E-state index contributed by atoms with van der Waals surface area (Å²) in [5, 5.41) is 8.15. The number of amides is 1. The first-order chi connectivity index (χ1) is 12.7. The number of rotatable bonds is 4. The molecule has 4 rings (SSSR count). The number of nitrogens with zero attached hydrogens (tertiary/aromatic N) is 5. The first-order valence-electron chi connectivity index (χ1n) is 8.44.